The zero-order valence-corrected chi connectivity index (χ0v) is 17.9. The molecule has 0 aliphatic carbocycles. The number of hydrogen-bond acceptors (Lipinski definition) is 4. The van der Waals surface area contributed by atoms with Crippen molar-refractivity contribution in [2.24, 2.45) is 0 Å². The Morgan fingerprint density at radius 1 is 1.13 bits per heavy atom. The van der Waals surface area contributed by atoms with Crippen LogP contribution in [0.3, 0.4) is 0 Å². The molecule has 0 spiro atoms. The van der Waals surface area contributed by atoms with E-state index in [-0.39, 0.29) is 12.2 Å². The molecule has 30 heavy (non-hydrogen) atoms. The number of benzene rings is 2. The molecule has 1 amide bonds. The van der Waals surface area contributed by atoms with Gasteiger partial charge in [0.2, 0.25) is 5.82 Å². The molecular formula is C21H20Cl2N4O3. The van der Waals surface area contributed by atoms with Gasteiger partial charge in [-0.15, -0.1) is 5.10 Å². The van der Waals surface area contributed by atoms with Gasteiger partial charge in [-0.1, -0.05) is 60.5 Å². The lowest BCUT2D eigenvalue weighted by atomic mass is 9.99. The molecule has 1 aromatic heterocycles. The lowest BCUT2D eigenvalue weighted by Crippen LogP contribution is -2.31. The van der Waals surface area contributed by atoms with E-state index in [4.69, 9.17) is 23.2 Å². The highest BCUT2D eigenvalue weighted by Crippen LogP contribution is 2.29. The van der Waals surface area contributed by atoms with Crippen molar-refractivity contribution in [1.82, 2.24) is 20.1 Å². The van der Waals surface area contributed by atoms with Crippen molar-refractivity contribution in [3.63, 3.8) is 0 Å². The molecule has 0 saturated heterocycles. The van der Waals surface area contributed by atoms with Crippen LogP contribution in [0.5, 0.6) is 0 Å². The molecule has 1 heterocycles. The van der Waals surface area contributed by atoms with Gasteiger partial charge in [0.1, 0.15) is 11.5 Å². The third-order valence-corrected chi connectivity index (χ3v) is 5.20. The van der Waals surface area contributed by atoms with Crippen molar-refractivity contribution < 1.29 is 14.7 Å². The van der Waals surface area contributed by atoms with Gasteiger partial charge >= 0.3 is 5.97 Å². The number of aromatic nitrogens is 3. The monoisotopic (exact) mass is 446 g/mol. The summed E-state index contributed by atoms with van der Waals surface area (Å²) in [5.74, 6) is -1.20. The lowest BCUT2D eigenvalue weighted by Gasteiger charge is -2.18. The largest absolute Gasteiger partial charge is 0.481 e. The Labute approximate surface area is 183 Å². The van der Waals surface area contributed by atoms with Crippen LogP contribution in [0.1, 0.15) is 47.0 Å². The zero-order chi connectivity index (χ0) is 21.8. The number of aryl methyl sites for hydroxylation is 2. The molecule has 1 atom stereocenters. The number of carboxylic acid groups (broad SMARTS) is 1. The van der Waals surface area contributed by atoms with Gasteiger partial charge in [0.15, 0.2) is 0 Å². The predicted molar refractivity (Wildman–Crippen MR) is 114 cm³/mol. The van der Waals surface area contributed by atoms with E-state index in [1.165, 1.54) is 4.68 Å². The third-order valence-electron chi connectivity index (χ3n) is 4.59. The van der Waals surface area contributed by atoms with Gasteiger partial charge in [0.05, 0.1) is 22.5 Å². The molecule has 156 valence electrons. The molecular weight excluding hydrogens is 427 g/mol. The van der Waals surface area contributed by atoms with Crippen LogP contribution >= 0.6 is 23.2 Å². The van der Waals surface area contributed by atoms with Gasteiger partial charge in [-0.25, -0.2) is 9.67 Å². The second-order valence-electron chi connectivity index (χ2n) is 6.67. The summed E-state index contributed by atoms with van der Waals surface area (Å²) in [6.07, 6.45) is 0.215. The standard InChI is InChI=1S/C21H20Cl2N4O3/c1-3-17-25-20(26-27(17)19-14(22)9-6-10-15(19)23)21(30)24-16(11-18(28)29)13-8-5-4-7-12(13)2/h4-10,16H,3,11H2,1-2H3,(H,24,30)(H,28,29). The predicted octanol–water partition coefficient (Wildman–Crippen LogP) is 4.39. The summed E-state index contributed by atoms with van der Waals surface area (Å²) in [7, 11) is 0. The second-order valence-corrected chi connectivity index (χ2v) is 7.48. The van der Waals surface area contributed by atoms with Gasteiger partial charge in [-0.2, -0.15) is 0 Å². The van der Waals surface area contributed by atoms with Crippen molar-refractivity contribution in [3.8, 4) is 5.69 Å². The summed E-state index contributed by atoms with van der Waals surface area (Å²) in [6.45, 7) is 3.73. The van der Waals surface area contributed by atoms with E-state index in [0.29, 0.717) is 28.0 Å². The van der Waals surface area contributed by atoms with Crippen LogP contribution in [-0.2, 0) is 11.2 Å². The molecule has 0 bridgehead atoms. The fourth-order valence-electron chi connectivity index (χ4n) is 3.15. The molecule has 7 nitrogen and oxygen atoms in total. The van der Waals surface area contributed by atoms with Crippen LogP contribution in [0.4, 0.5) is 0 Å². The summed E-state index contributed by atoms with van der Waals surface area (Å²) in [5, 5.41) is 17.1. The minimum absolute atomic E-state index is 0.0909. The number of para-hydroxylation sites is 1. The highest BCUT2D eigenvalue weighted by atomic mass is 35.5. The molecule has 2 aromatic carbocycles. The van der Waals surface area contributed by atoms with Crippen LogP contribution in [-0.4, -0.2) is 31.7 Å². The number of carbonyl (C=O) groups excluding carboxylic acids is 1. The Bertz CT molecular complexity index is 1080. The molecule has 0 fully saturated rings. The van der Waals surface area contributed by atoms with Crippen LogP contribution in [0, 0.1) is 6.92 Å². The maximum Gasteiger partial charge on any atom is 0.305 e. The maximum atomic E-state index is 12.9. The topological polar surface area (TPSA) is 97.1 Å². The molecule has 0 aliphatic rings. The average molecular weight is 447 g/mol. The third kappa shape index (κ3) is 4.63. The van der Waals surface area contributed by atoms with Crippen LogP contribution in [0.15, 0.2) is 42.5 Å². The Morgan fingerprint density at radius 2 is 1.80 bits per heavy atom. The number of amides is 1. The molecule has 0 aliphatic heterocycles. The van der Waals surface area contributed by atoms with E-state index in [2.05, 4.69) is 15.4 Å². The summed E-state index contributed by atoms with van der Waals surface area (Å²) in [6, 6.07) is 11.6. The van der Waals surface area contributed by atoms with Gasteiger partial charge in [-0.3, -0.25) is 9.59 Å². The number of nitrogens with zero attached hydrogens (tertiary/aromatic N) is 3. The first kappa shape index (κ1) is 21.8. The molecule has 0 radical (unpaired) electrons. The van der Waals surface area contributed by atoms with E-state index in [9.17, 15) is 14.7 Å². The first-order valence-corrected chi connectivity index (χ1v) is 10.1. The summed E-state index contributed by atoms with van der Waals surface area (Å²) < 4.78 is 1.44. The van der Waals surface area contributed by atoms with E-state index in [1.807, 2.05) is 26.0 Å². The first-order chi connectivity index (χ1) is 14.3. The number of nitrogens with one attached hydrogen (secondary N) is 1. The van der Waals surface area contributed by atoms with Crippen molar-refractivity contribution >= 4 is 35.1 Å². The number of carbonyl (C=O) groups is 2. The fraction of sp³-hybridized carbons (Fsp3) is 0.238. The molecule has 1 unspecified atom stereocenters. The lowest BCUT2D eigenvalue weighted by molar-refractivity contribution is -0.137. The van der Waals surface area contributed by atoms with Crippen molar-refractivity contribution in [3.05, 3.63) is 75.3 Å². The van der Waals surface area contributed by atoms with Gasteiger partial charge in [0, 0.05) is 6.42 Å². The van der Waals surface area contributed by atoms with Gasteiger partial charge in [0.25, 0.3) is 5.91 Å². The minimum Gasteiger partial charge on any atom is -0.481 e. The Morgan fingerprint density at radius 3 is 2.40 bits per heavy atom. The number of rotatable bonds is 7. The second kappa shape index (κ2) is 9.28. The first-order valence-electron chi connectivity index (χ1n) is 9.30. The van der Waals surface area contributed by atoms with Gasteiger partial charge < -0.3 is 10.4 Å². The fourth-order valence-corrected chi connectivity index (χ4v) is 3.71. The van der Waals surface area contributed by atoms with E-state index in [1.54, 1.807) is 30.3 Å². The molecule has 9 heteroatoms. The summed E-state index contributed by atoms with van der Waals surface area (Å²) >= 11 is 12.6. The molecule has 3 rings (SSSR count). The molecule has 2 N–H and O–H groups in total. The Balaban J connectivity index is 1.95. The van der Waals surface area contributed by atoms with E-state index >= 15 is 0 Å². The summed E-state index contributed by atoms with van der Waals surface area (Å²) in [4.78, 5) is 28.6. The number of hydrogen-bond donors (Lipinski definition) is 2. The molecule has 0 saturated carbocycles. The smallest absolute Gasteiger partial charge is 0.305 e. The van der Waals surface area contributed by atoms with Crippen molar-refractivity contribution in [1.29, 1.82) is 0 Å². The number of aliphatic carboxylic acids is 1. The van der Waals surface area contributed by atoms with E-state index < -0.39 is 17.9 Å². The van der Waals surface area contributed by atoms with Crippen LogP contribution < -0.4 is 5.32 Å². The number of halogens is 2. The normalized spacial score (nSPS) is 11.9. The Kier molecular flexibility index (Phi) is 6.74. The SMILES string of the molecule is CCc1nc(C(=O)NC(CC(=O)O)c2ccccc2C)nn1-c1c(Cl)cccc1Cl. The van der Waals surface area contributed by atoms with Crippen LogP contribution in [0.25, 0.3) is 5.69 Å². The highest BCUT2D eigenvalue weighted by molar-refractivity contribution is 6.37. The number of carboxylic acids is 1. The molecule has 3 aromatic rings. The van der Waals surface area contributed by atoms with E-state index in [0.717, 1.165) is 11.1 Å². The van der Waals surface area contributed by atoms with Crippen molar-refractivity contribution in [2.45, 2.75) is 32.7 Å². The average Bonchev–Trinajstić information content (AvgIpc) is 3.11. The van der Waals surface area contributed by atoms with Gasteiger partial charge in [-0.05, 0) is 30.2 Å². The summed E-state index contributed by atoms with van der Waals surface area (Å²) in [5.41, 5.74) is 2.03. The minimum atomic E-state index is -1.03. The van der Waals surface area contributed by atoms with Crippen LogP contribution in [0.2, 0.25) is 10.0 Å². The maximum absolute atomic E-state index is 12.9. The quantitative estimate of drug-likeness (QED) is 0.560. The highest BCUT2D eigenvalue weighted by Gasteiger charge is 2.24. The zero-order valence-electron chi connectivity index (χ0n) is 16.4. The Hall–Kier alpha value is -2.90. The van der Waals surface area contributed by atoms with Crippen molar-refractivity contribution in [2.75, 3.05) is 0 Å².